The Balaban J connectivity index is 2.01. The Bertz CT molecular complexity index is 737. The summed E-state index contributed by atoms with van der Waals surface area (Å²) < 4.78 is 5.27. The fourth-order valence-corrected chi connectivity index (χ4v) is 2.32. The average molecular weight is 326 g/mol. The molecule has 2 amide bonds. The summed E-state index contributed by atoms with van der Waals surface area (Å²) in [7, 11) is 5.02. The Morgan fingerprint density at radius 2 is 1.75 bits per heavy atom. The highest BCUT2D eigenvalue weighted by atomic mass is 16.5. The van der Waals surface area contributed by atoms with Crippen LogP contribution in [0.1, 0.15) is 21.5 Å². The van der Waals surface area contributed by atoms with E-state index in [1.165, 1.54) is 4.90 Å². The van der Waals surface area contributed by atoms with E-state index in [2.05, 4.69) is 5.32 Å². The third kappa shape index (κ3) is 4.35. The van der Waals surface area contributed by atoms with Crippen LogP contribution in [-0.4, -0.2) is 37.9 Å². The third-order valence-corrected chi connectivity index (χ3v) is 3.66. The monoisotopic (exact) mass is 326 g/mol. The molecule has 126 valence electrons. The number of hydrogen-bond acceptors (Lipinski definition) is 3. The van der Waals surface area contributed by atoms with Crippen molar-refractivity contribution < 1.29 is 14.3 Å². The van der Waals surface area contributed by atoms with Crippen LogP contribution in [0.15, 0.2) is 42.5 Å². The Morgan fingerprint density at radius 1 is 1.08 bits per heavy atom. The van der Waals surface area contributed by atoms with Gasteiger partial charge < -0.3 is 15.0 Å². The Kier molecular flexibility index (Phi) is 5.58. The molecule has 0 heterocycles. The molecule has 0 saturated heterocycles. The van der Waals surface area contributed by atoms with E-state index in [4.69, 9.17) is 4.74 Å². The summed E-state index contributed by atoms with van der Waals surface area (Å²) in [4.78, 5) is 25.5. The minimum absolute atomic E-state index is 0.0698. The van der Waals surface area contributed by atoms with Crippen LogP contribution in [0.4, 0.5) is 5.69 Å². The van der Waals surface area contributed by atoms with E-state index in [9.17, 15) is 9.59 Å². The second-order valence-electron chi connectivity index (χ2n) is 5.81. The maximum atomic E-state index is 12.2. The minimum atomic E-state index is -0.118. The standard InChI is InChI=1S/C19H22N2O3/c1-13-5-6-14(11-17(13)24-4)12-18(22)20-16-9-7-15(8-10-16)19(23)21(2)3/h5-11H,12H2,1-4H3,(H,20,22). The molecule has 0 aliphatic heterocycles. The van der Waals surface area contributed by atoms with E-state index in [0.717, 1.165) is 16.9 Å². The first-order valence-electron chi connectivity index (χ1n) is 7.66. The summed E-state index contributed by atoms with van der Waals surface area (Å²) >= 11 is 0. The Labute approximate surface area is 142 Å². The summed E-state index contributed by atoms with van der Waals surface area (Å²) in [5.41, 5.74) is 3.16. The number of rotatable bonds is 5. The van der Waals surface area contributed by atoms with Gasteiger partial charge in [0.05, 0.1) is 13.5 Å². The zero-order valence-electron chi connectivity index (χ0n) is 14.4. The molecule has 0 bridgehead atoms. The first-order valence-corrected chi connectivity index (χ1v) is 7.66. The molecule has 2 aromatic rings. The van der Waals surface area contributed by atoms with Crippen molar-refractivity contribution in [1.82, 2.24) is 4.90 Å². The summed E-state index contributed by atoms with van der Waals surface area (Å²) in [5, 5.41) is 2.83. The van der Waals surface area contributed by atoms with Gasteiger partial charge in [-0.25, -0.2) is 0 Å². The molecule has 2 aromatic carbocycles. The number of carbonyl (C=O) groups excluding carboxylic acids is 2. The van der Waals surface area contributed by atoms with Gasteiger partial charge in [0.15, 0.2) is 0 Å². The number of carbonyl (C=O) groups is 2. The fourth-order valence-electron chi connectivity index (χ4n) is 2.32. The van der Waals surface area contributed by atoms with Gasteiger partial charge in [0.25, 0.3) is 5.91 Å². The largest absolute Gasteiger partial charge is 0.496 e. The predicted octanol–water partition coefficient (Wildman–Crippen LogP) is 2.89. The van der Waals surface area contributed by atoms with Crippen LogP contribution in [0.3, 0.4) is 0 Å². The Morgan fingerprint density at radius 3 is 2.33 bits per heavy atom. The molecule has 24 heavy (non-hydrogen) atoms. The first-order chi connectivity index (χ1) is 11.4. The third-order valence-electron chi connectivity index (χ3n) is 3.66. The van der Waals surface area contributed by atoms with E-state index in [1.807, 2.05) is 25.1 Å². The van der Waals surface area contributed by atoms with Crippen LogP contribution >= 0.6 is 0 Å². The first kappa shape index (κ1) is 17.5. The molecule has 0 aliphatic carbocycles. The van der Waals surface area contributed by atoms with Gasteiger partial charge in [0.1, 0.15) is 5.75 Å². The van der Waals surface area contributed by atoms with Crippen molar-refractivity contribution in [2.75, 3.05) is 26.5 Å². The number of nitrogens with one attached hydrogen (secondary N) is 1. The van der Waals surface area contributed by atoms with Crippen LogP contribution < -0.4 is 10.1 Å². The number of aryl methyl sites for hydroxylation is 1. The quantitative estimate of drug-likeness (QED) is 0.919. The number of methoxy groups -OCH3 is 1. The molecule has 2 rings (SSSR count). The molecule has 0 aromatic heterocycles. The van der Waals surface area contributed by atoms with E-state index in [-0.39, 0.29) is 18.2 Å². The van der Waals surface area contributed by atoms with Crippen LogP contribution in [0.25, 0.3) is 0 Å². The number of benzene rings is 2. The zero-order chi connectivity index (χ0) is 17.7. The summed E-state index contributed by atoms with van der Waals surface area (Å²) in [6, 6.07) is 12.6. The van der Waals surface area contributed by atoms with E-state index < -0.39 is 0 Å². The van der Waals surface area contributed by atoms with Crippen molar-refractivity contribution in [2.45, 2.75) is 13.3 Å². The summed E-state index contributed by atoms with van der Waals surface area (Å²) in [5.74, 6) is 0.582. The van der Waals surface area contributed by atoms with Crippen molar-refractivity contribution in [3.63, 3.8) is 0 Å². The van der Waals surface area contributed by atoms with Crippen molar-refractivity contribution in [2.24, 2.45) is 0 Å². The van der Waals surface area contributed by atoms with Crippen LogP contribution in [0, 0.1) is 6.92 Å². The highest BCUT2D eigenvalue weighted by molar-refractivity contribution is 5.96. The molecular formula is C19H22N2O3. The molecule has 0 spiro atoms. The highest BCUT2D eigenvalue weighted by Gasteiger charge is 2.09. The van der Waals surface area contributed by atoms with Crippen LogP contribution in [0.2, 0.25) is 0 Å². The second-order valence-corrected chi connectivity index (χ2v) is 5.81. The summed E-state index contributed by atoms with van der Waals surface area (Å²) in [6.07, 6.45) is 0.259. The van der Waals surface area contributed by atoms with Gasteiger partial charge in [-0.15, -0.1) is 0 Å². The molecule has 0 unspecified atom stereocenters. The lowest BCUT2D eigenvalue weighted by Gasteiger charge is -2.11. The molecular weight excluding hydrogens is 304 g/mol. The summed E-state index contributed by atoms with van der Waals surface area (Å²) in [6.45, 7) is 1.96. The lowest BCUT2D eigenvalue weighted by atomic mass is 10.1. The van der Waals surface area contributed by atoms with Crippen molar-refractivity contribution >= 4 is 17.5 Å². The van der Waals surface area contributed by atoms with Gasteiger partial charge in [-0.2, -0.15) is 0 Å². The lowest BCUT2D eigenvalue weighted by Crippen LogP contribution is -2.21. The molecule has 0 fully saturated rings. The number of hydrogen-bond donors (Lipinski definition) is 1. The van der Waals surface area contributed by atoms with Gasteiger partial charge in [0, 0.05) is 25.3 Å². The maximum absolute atomic E-state index is 12.2. The highest BCUT2D eigenvalue weighted by Crippen LogP contribution is 2.19. The molecule has 5 heteroatoms. The number of amides is 2. The second kappa shape index (κ2) is 7.64. The Hall–Kier alpha value is -2.82. The van der Waals surface area contributed by atoms with Crippen molar-refractivity contribution in [1.29, 1.82) is 0 Å². The predicted molar refractivity (Wildman–Crippen MR) is 94.5 cm³/mol. The molecule has 1 N–H and O–H groups in total. The van der Waals surface area contributed by atoms with Gasteiger partial charge >= 0.3 is 0 Å². The SMILES string of the molecule is COc1cc(CC(=O)Nc2ccc(C(=O)N(C)C)cc2)ccc1C. The smallest absolute Gasteiger partial charge is 0.253 e. The fraction of sp³-hybridized carbons (Fsp3) is 0.263. The van der Waals surface area contributed by atoms with Crippen LogP contribution in [0.5, 0.6) is 5.75 Å². The minimum Gasteiger partial charge on any atom is -0.496 e. The molecule has 0 radical (unpaired) electrons. The number of nitrogens with zero attached hydrogens (tertiary/aromatic N) is 1. The van der Waals surface area contributed by atoms with Gasteiger partial charge in [0.2, 0.25) is 5.91 Å². The van der Waals surface area contributed by atoms with Crippen molar-refractivity contribution in [3.05, 3.63) is 59.2 Å². The van der Waals surface area contributed by atoms with Gasteiger partial charge in [-0.05, 0) is 48.4 Å². The molecule has 0 aliphatic rings. The van der Waals surface area contributed by atoms with Crippen molar-refractivity contribution in [3.8, 4) is 5.75 Å². The zero-order valence-corrected chi connectivity index (χ0v) is 14.4. The maximum Gasteiger partial charge on any atom is 0.253 e. The van der Waals surface area contributed by atoms with Gasteiger partial charge in [-0.3, -0.25) is 9.59 Å². The molecule has 0 saturated carbocycles. The normalized spacial score (nSPS) is 10.2. The topological polar surface area (TPSA) is 58.6 Å². The molecule has 0 atom stereocenters. The van der Waals surface area contributed by atoms with E-state index in [0.29, 0.717) is 11.3 Å². The van der Waals surface area contributed by atoms with E-state index >= 15 is 0 Å². The number of anilines is 1. The number of ether oxygens (including phenoxy) is 1. The molecule has 5 nitrogen and oxygen atoms in total. The van der Waals surface area contributed by atoms with Crippen LogP contribution in [-0.2, 0) is 11.2 Å². The lowest BCUT2D eigenvalue weighted by molar-refractivity contribution is -0.115. The average Bonchev–Trinajstić information content (AvgIpc) is 2.56. The van der Waals surface area contributed by atoms with Gasteiger partial charge in [-0.1, -0.05) is 12.1 Å². The van der Waals surface area contributed by atoms with E-state index in [1.54, 1.807) is 45.5 Å².